The third-order valence-electron chi connectivity index (χ3n) is 2.39. The summed E-state index contributed by atoms with van der Waals surface area (Å²) in [5.74, 6) is 0.432. The minimum Gasteiger partial charge on any atom is -0.368 e. The van der Waals surface area contributed by atoms with Gasteiger partial charge in [-0.3, -0.25) is 5.41 Å². The number of hydrogen-bond acceptors (Lipinski definition) is 2. The van der Waals surface area contributed by atoms with Gasteiger partial charge in [-0.1, -0.05) is 35.8 Å². The number of rotatable bonds is 2. The summed E-state index contributed by atoms with van der Waals surface area (Å²) in [6.45, 7) is 0. The highest BCUT2D eigenvalue weighted by Crippen LogP contribution is 1.98. The number of amidine groups is 1. The molecule has 1 aliphatic rings. The van der Waals surface area contributed by atoms with E-state index in [2.05, 4.69) is 10.6 Å². The first kappa shape index (κ1) is 10.5. The van der Waals surface area contributed by atoms with E-state index < -0.39 is 0 Å². The lowest BCUT2D eigenvalue weighted by atomic mass is 9.94. The Morgan fingerprint density at radius 3 is 2.94 bits per heavy atom. The lowest BCUT2D eigenvalue weighted by Crippen LogP contribution is -2.42. The lowest BCUT2D eigenvalue weighted by molar-refractivity contribution is 0.654. The molecule has 0 aromatic heterocycles. The average molecular weight is 211 g/mol. The Labute approximate surface area is 96.2 Å². The van der Waals surface area contributed by atoms with Crippen molar-refractivity contribution in [2.24, 2.45) is 0 Å². The van der Waals surface area contributed by atoms with Crippen LogP contribution in [0.1, 0.15) is 5.56 Å². The van der Waals surface area contributed by atoms with Gasteiger partial charge in [0.05, 0.1) is 0 Å². The van der Waals surface area contributed by atoms with Crippen LogP contribution < -0.4 is 16.1 Å². The summed E-state index contributed by atoms with van der Waals surface area (Å²) in [5, 5.41) is 14.2. The van der Waals surface area contributed by atoms with Crippen molar-refractivity contribution in [2.75, 3.05) is 0 Å². The van der Waals surface area contributed by atoms with E-state index in [-0.39, 0.29) is 6.17 Å². The van der Waals surface area contributed by atoms with Crippen molar-refractivity contribution in [1.29, 1.82) is 5.41 Å². The van der Waals surface area contributed by atoms with Gasteiger partial charge in [-0.15, -0.1) is 0 Å². The highest BCUT2D eigenvalue weighted by atomic mass is 15.1. The quantitative estimate of drug-likeness (QED) is 0.362. The third kappa shape index (κ3) is 2.54. The van der Waals surface area contributed by atoms with E-state index in [0.29, 0.717) is 5.84 Å². The summed E-state index contributed by atoms with van der Waals surface area (Å²) in [4.78, 5) is 0. The molecule has 1 aliphatic heterocycles. The van der Waals surface area contributed by atoms with Crippen molar-refractivity contribution in [3.63, 3.8) is 0 Å². The van der Waals surface area contributed by atoms with Crippen LogP contribution in [0.5, 0.6) is 0 Å². The summed E-state index contributed by atoms with van der Waals surface area (Å²) in [6.07, 6.45) is 7.72. The van der Waals surface area contributed by atoms with Gasteiger partial charge in [-0.25, -0.2) is 0 Å². The number of nitrogens with one attached hydrogen (secondary N) is 3. The molecule has 0 aliphatic carbocycles. The molecule has 4 heteroatoms. The molecule has 0 amide bonds. The third-order valence-corrected chi connectivity index (χ3v) is 2.39. The second-order valence-corrected chi connectivity index (χ2v) is 3.78. The number of hydrogen-bond donors (Lipinski definition) is 3. The Morgan fingerprint density at radius 1 is 1.38 bits per heavy atom. The number of dihydropyridines is 1. The molecule has 0 fully saturated rings. The zero-order chi connectivity index (χ0) is 11.4. The van der Waals surface area contributed by atoms with Gasteiger partial charge in [0.15, 0.2) is 0 Å². The second-order valence-electron chi connectivity index (χ2n) is 3.78. The summed E-state index contributed by atoms with van der Waals surface area (Å²) < 4.78 is 0. The van der Waals surface area contributed by atoms with Gasteiger partial charge in [-0.05, 0) is 18.4 Å². The highest BCUT2D eigenvalue weighted by molar-refractivity contribution is 6.32. The van der Waals surface area contributed by atoms with Crippen LogP contribution in [0.4, 0.5) is 0 Å². The molecule has 2 rings (SSSR count). The van der Waals surface area contributed by atoms with E-state index in [1.807, 2.05) is 56.5 Å². The highest BCUT2D eigenvalue weighted by Gasteiger charge is 2.07. The van der Waals surface area contributed by atoms with Crippen LogP contribution in [0.15, 0.2) is 48.7 Å². The molecule has 0 saturated heterocycles. The maximum atomic E-state index is 7.95. The predicted molar refractivity (Wildman–Crippen MR) is 69.8 cm³/mol. The standard InChI is InChI=1S/C12H14BN3/c13-10-5-3-4-9(8-10)12(14)16-11-6-1-2-7-15-11/h1-8,11,15H,13H2,(H2,14,16). The summed E-state index contributed by atoms with van der Waals surface area (Å²) >= 11 is 0. The Balaban J connectivity index is 2.03. The Hall–Kier alpha value is -1.97. The first-order valence-electron chi connectivity index (χ1n) is 5.27. The van der Waals surface area contributed by atoms with E-state index in [0.717, 1.165) is 11.0 Å². The average Bonchev–Trinajstić information content (AvgIpc) is 2.30. The van der Waals surface area contributed by atoms with Crippen molar-refractivity contribution in [1.82, 2.24) is 10.6 Å². The van der Waals surface area contributed by atoms with E-state index in [1.54, 1.807) is 0 Å². The summed E-state index contributed by atoms with van der Waals surface area (Å²) in [7, 11) is 2.03. The van der Waals surface area contributed by atoms with Crippen LogP contribution in [-0.4, -0.2) is 19.8 Å². The van der Waals surface area contributed by atoms with Crippen LogP contribution in [0.25, 0.3) is 0 Å². The van der Waals surface area contributed by atoms with E-state index in [1.165, 1.54) is 0 Å². The van der Waals surface area contributed by atoms with Crippen molar-refractivity contribution >= 4 is 19.1 Å². The first-order chi connectivity index (χ1) is 7.75. The van der Waals surface area contributed by atoms with Crippen molar-refractivity contribution < 1.29 is 0 Å². The summed E-state index contributed by atoms with van der Waals surface area (Å²) in [6, 6.07) is 7.92. The largest absolute Gasteiger partial charge is 0.368 e. The fourth-order valence-electron chi connectivity index (χ4n) is 1.57. The first-order valence-corrected chi connectivity index (χ1v) is 5.27. The zero-order valence-electron chi connectivity index (χ0n) is 9.20. The van der Waals surface area contributed by atoms with E-state index >= 15 is 0 Å². The molecule has 1 unspecified atom stereocenters. The molecule has 1 heterocycles. The molecule has 80 valence electrons. The Kier molecular flexibility index (Phi) is 3.10. The van der Waals surface area contributed by atoms with E-state index in [9.17, 15) is 0 Å². The fourth-order valence-corrected chi connectivity index (χ4v) is 1.57. The fraction of sp³-hybridized carbons (Fsp3) is 0.0833. The lowest BCUT2D eigenvalue weighted by Gasteiger charge is -2.19. The van der Waals surface area contributed by atoms with Gasteiger partial charge >= 0.3 is 0 Å². The second kappa shape index (κ2) is 4.70. The smallest absolute Gasteiger partial charge is 0.139 e. The Bertz CT molecular complexity index is 451. The van der Waals surface area contributed by atoms with Crippen LogP contribution in [0, 0.1) is 5.41 Å². The zero-order valence-corrected chi connectivity index (χ0v) is 9.20. The summed E-state index contributed by atoms with van der Waals surface area (Å²) in [5.41, 5.74) is 2.07. The molecule has 3 N–H and O–H groups in total. The molecular formula is C12H14BN3. The van der Waals surface area contributed by atoms with Crippen molar-refractivity contribution in [3.8, 4) is 0 Å². The van der Waals surface area contributed by atoms with Crippen molar-refractivity contribution in [3.05, 3.63) is 54.3 Å². The monoisotopic (exact) mass is 211 g/mol. The maximum absolute atomic E-state index is 7.95. The number of benzene rings is 1. The van der Waals surface area contributed by atoms with Gasteiger partial charge < -0.3 is 10.6 Å². The molecule has 1 aromatic carbocycles. The molecule has 1 aromatic rings. The molecule has 3 nitrogen and oxygen atoms in total. The van der Waals surface area contributed by atoms with Gasteiger partial charge in [0, 0.05) is 5.56 Å². The predicted octanol–water partition coefficient (Wildman–Crippen LogP) is -0.141. The SMILES string of the molecule is Bc1cccc(C(=N)NC2C=CC=CN2)c1. The van der Waals surface area contributed by atoms with Gasteiger partial charge in [0.2, 0.25) is 0 Å². The molecular weight excluding hydrogens is 197 g/mol. The minimum atomic E-state index is -0.00184. The number of allylic oxidation sites excluding steroid dienone is 2. The molecule has 0 spiro atoms. The molecule has 0 radical (unpaired) electrons. The molecule has 16 heavy (non-hydrogen) atoms. The van der Waals surface area contributed by atoms with Gasteiger partial charge in [0.1, 0.15) is 19.8 Å². The van der Waals surface area contributed by atoms with Crippen LogP contribution in [-0.2, 0) is 0 Å². The normalized spacial score (nSPS) is 17.9. The molecule has 1 atom stereocenters. The molecule has 0 bridgehead atoms. The van der Waals surface area contributed by atoms with Crippen molar-refractivity contribution in [2.45, 2.75) is 6.17 Å². The van der Waals surface area contributed by atoms with Crippen LogP contribution >= 0.6 is 0 Å². The van der Waals surface area contributed by atoms with Gasteiger partial charge in [-0.2, -0.15) is 0 Å². The van der Waals surface area contributed by atoms with Gasteiger partial charge in [0.25, 0.3) is 0 Å². The topological polar surface area (TPSA) is 47.9 Å². The molecule has 0 saturated carbocycles. The minimum absolute atomic E-state index is 0.00184. The van der Waals surface area contributed by atoms with Crippen LogP contribution in [0.3, 0.4) is 0 Å². The van der Waals surface area contributed by atoms with Crippen LogP contribution in [0.2, 0.25) is 0 Å². The van der Waals surface area contributed by atoms with E-state index in [4.69, 9.17) is 5.41 Å². The maximum Gasteiger partial charge on any atom is 0.139 e. The Morgan fingerprint density at radius 2 is 2.25 bits per heavy atom.